The Bertz CT molecular complexity index is 1530. The molecule has 0 aliphatic carbocycles. The fraction of sp³-hybridized carbons (Fsp3) is 0.875. The lowest BCUT2D eigenvalue weighted by molar-refractivity contribution is -0.159. The fourth-order valence-electron chi connectivity index (χ4n) is 8.95. The zero-order chi connectivity index (χ0) is 60.5. The topological polar surface area (TPSA) is 255 Å². The van der Waals surface area contributed by atoms with Crippen molar-refractivity contribution in [2.24, 2.45) is 11.5 Å². The molecular weight excluding hydrogens is 1010 g/mol. The molecule has 0 fully saturated rings. The molecule has 16 heteroatoms. The van der Waals surface area contributed by atoms with Crippen LogP contribution in [0.1, 0.15) is 313 Å². The molecular formula is C64H122N6O10. The average molecular weight is 1140 g/mol. The number of amides is 4. The highest BCUT2D eigenvalue weighted by atomic mass is 16.6. The molecule has 0 bridgehead atoms. The molecule has 0 aromatic carbocycles. The van der Waals surface area contributed by atoms with Gasteiger partial charge in [0, 0.05) is 38.8 Å². The SMILES string of the molecule is CCCCCCCCCCCCCCCC(=O)NC(CCC(=O)NCCCCC(N)C(C)=O)C(=O)OC(C)(C)C.CCCCCCCCCCCCCCCC(=O)NC(CCC(=O)NCCCCC(N)C(C)=O)C(=O)OC(C)(C)C. The molecule has 0 radical (unpaired) electrons. The summed E-state index contributed by atoms with van der Waals surface area (Å²) in [5, 5.41) is 11.3. The van der Waals surface area contributed by atoms with E-state index in [-0.39, 0.29) is 60.9 Å². The van der Waals surface area contributed by atoms with Gasteiger partial charge in [-0.15, -0.1) is 0 Å². The van der Waals surface area contributed by atoms with Gasteiger partial charge >= 0.3 is 11.9 Å². The number of nitrogens with two attached hydrogens (primary N) is 2. The summed E-state index contributed by atoms with van der Waals surface area (Å²) in [6.45, 7) is 19.1. The zero-order valence-electron chi connectivity index (χ0n) is 52.8. The quantitative estimate of drug-likeness (QED) is 0.0246. The molecule has 0 heterocycles. The van der Waals surface area contributed by atoms with Crippen molar-refractivity contribution in [2.45, 2.75) is 349 Å². The molecule has 0 saturated carbocycles. The summed E-state index contributed by atoms with van der Waals surface area (Å²) in [5.74, 6) is -1.83. The van der Waals surface area contributed by atoms with Crippen LogP contribution in [0.15, 0.2) is 0 Å². The van der Waals surface area contributed by atoms with Crippen LogP contribution in [0.4, 0.5) is 0 Å². The molecule has 8 N–H and O–H groups in total. The van der Waals surface area contributed by atoms with Crippen molar-refractivity contribution in [2.75, 3.05) is 13.1 Å². The van der Waals surface area contributed by atoms with Crippen LogP contribution in [0.5, 0.6) is 0 Å². The van der Waals surface area contributed by atoms with Crippen molar-refractivity contribution in [3.8, 4) is 0 Å². The molecule has 4 unspecified atom stereocenters. The van der Waals surface area contributed by atoms with Crippen LogP contribution in [0.2, 0.25) is 0 Å². The fourth-order valence-corrected chi connectivity index (χ4v) is 8.95. The van der Waals surface area contributed by atoms with E-state index in [1.807, 2.05) is 0 Å². The van der Waals surface area contributed by atoms with Gasteiger partial charge in [0.05, 0.1) is 12.1 Å². The Balaban J connectivity index is 0. The molecule has 4 atom stereocenters. The van der Waals surface area contributed by atoms with Gasteiger partial charge in [-0.1, -0.05) is 168 Å². The standard InChI is InChI=1S/2C32H61N3O5/c2*1-6-7-8-9-10-11-12-13-14-15-16-17-18-22-30(38)35-28(31(39)40-32(3,4)5)23-24-29(37)34-25-20-19-21-27(33)26(2)36/h2*27-28H,6-25,33H2,1-5H3,(H,34,37)(H,35,38). The van der Waals surface area contributed by atoms with E-state index < -0.39 is 47.3 Å². The van der Waals surface area contributed by atoms with Gasteiger partial charge < -0.3 is 42.2 Å². The first-order valence-corrected chi connectivity index (χ1v) is 32.0. The minimum atomic E-state index is -0.854. The first kappa shape index (κ1) is 78.1. The van der Waals surface area contributed by atoms with Gasteiger partial charge in [-0.25, -0.2) is 9.59 Å². The summed E-state index contributed by atoms with van der Waals surface area (Å²) < 4.78 is 11.0. The number of carbonyl (C=O) groups is 8. The second kappa shape index (κ2) is 50.8. The van der Waals surface area contributed by atoms with E-state index in [1.54, 1.807) is 41.5 Å². The zero-order valence-corrected chi connectivity index (χ0v) is 52.8. The van der Waals surface area contributed by atoms with Crippen LogP contribution in [0.25, 0.3) is 0 Å². The number of hydrogen-bond acceptors (Lipinski definition) is 12. The molecule has 4 amide bonds. The second-order valence-corrected chi connectivity index (χ2v) is 24.5. The Morgan fingerprint density at radius 2 is 0.613 bits per heavy atom. The minimum absolute atomic E-state index is 0.0339. The highest BCUT2D eigenvalue weighted by Crippen LogP contribution is 2.17. The molecule has 0 aliphatic heterocycles. The second-order valence-electron chi connectivity index (χ2n) is 24.5. The maximum absolute atomic E-state index is 12.7. The van der Waals surface area contributed by atoms with Crippen LogP contribution in [-0.4, -0.2) is 95.6 Å². The molecule has 80 heavy (non-hydrogen) atoms. The van der Waals surface area contributed by atoms with Gasteiger partial charge in [0.15, 0.2) is 0 Å². The number of ether oxygens (including phenoxy) is 2. The largest absolute Gasteiger partial charge is 0.458 e. The first-order valence-electron chi connectivity index (χ1n) is 32.0. The number of Topliss-reactive ketones (excluding diaryl/α,β-unsaturated/α-hetero) is 2. The third kappa shape index (κ3) is 53.4. The van der Waals surface area contributed by atoms with E-state index in [4.69, 9.17) is 20.9 Å². The van der Waals surface area contributed by atoms with Crippen molar-refractivity contribution in [3.05, 3.63) is 0 Å². The predicted molar refractivity (Wildman–Crippen MR) is 326 cm³/mol. The number of nitrogens with one attached hydrogen (secondary N) is 4. The molecule has 16 nitrogen and oxygen atoms in total. The Hall–Kier alpha value is -3.92. The molecule has 0 spiro atoms. The molecule has 468 valence electrons. The van der Waals surface area contributed by atoms with Gasteiger partial charge in [-0.05, 0) is 120 Å². The summed E-state index contributed by atoms with van der Waals surface area (Å²) in [7, 11) is 0. The van der Waals surface area contributed by atoms with Crippen molar-refractivity contribution >= 4 is 47.1 Å². The summed E-state index contributed by atoms with van der Waals surface area (Å²) in [6.07, 6.45) is 37.7. The van der Waals surface area contributed by atoms with Crippen LogP contribution in [0.3, 0.4) is 0 Å². The highest BCUT2D eigenvalue weighted by molar-refractivity contribution is 5.86. The van der Waals surface area contributed by atoms with E-state index in [2.05, 4.69) is 35.1 Å². The van der Waals surface area contributed by atoms with Gasteiger partial charge in [0.25, 0.3) is 0 Å². The Kier molecular flexibility index (Phi) is 49.6. The number of esters is 2. The predicted octanol–water partition coefficient (Wildman–Crippen LogP) is 12.6. The minimum Gasteiger partial charge on any atom is -0.458 e. The van der Waals surface area contributed by atoms with Crippen LogP contribution in [0, 0.1) is 0 Å². The van der Waals surface area contributed by atoms with E-state index >= 15 is 0 Å². The lowest BCUT2D eigenvalue weighted by Gasteiger charge is -2.24. The smallest absolute Gasteiger partial charge is 0.329 e. The lowest BCUT2D eigenvalue weighted by Crippen LogP contribution is -2.44. The van der Waals surface area contributed by atoms with Crippen molar-refractivity contribution < 1.29 is 47.8 Å². The molecule has 0 aromatic rings. The Labute approximate surface area is 487 Å². The monoisotopic (exact) mass is 1130 g/mol. The van der Waals surface area contributed by atoms with Gasteiger partial charge in [0.1, 0.15) is 34.9 Å². The molecule has 0 rings (SSSR count). The van der Waals surface area contributed by atoms with Crippen LogP contribution in [-0.2, 0) is 47.8 Å². The third-order valence-corrected chi connectivity index (χ3v) is 14.0. The Morgan fingerprint density at radius 1 is 0.350 bits per heavy atom. The van der Waals surface area contributed by atoms with Crippen LogP contribution < -0.4 is 32.7 Å². The van der Waals surface area contributed by atoms with E-state index in [0.717, 1.165) is 64.2 Å². The first-order chi connectivity index (χ1) is 37.9. The van der Waals surface area contributed by atoms with E-state index in [9.17, 15) is 38.4 Å². The Morgan fingerprint density at radius 3 is 0.863 bits per heavy atom. The van der Waals surface area contributed by atoms with Gasteiger partial charge in [-0.3, -0.25) is 28.8 Å². The number of carbonyl (C=O) groups excluding carboxylic acids is 8. The maximum atomic E-state index is 12.7. The highest BCUT2D eigenvalue weighted by Gasteiger charge is 2.29. The summed E-state index contributed by atoms with van der Waals surface area (Å²) in [6, 6.07) is -2.61. The molecule has 0 saturated heterocycles. The number of unbranched alkanes of at least 4 members (excludes halogenated alkanes) is 26. The maximum Gasteiger partial charge on any atom is 0.329 e. The van der Waals surface area contributed by atoms with E-state index in [1.165, 1.54) is 142 Å². The van der Waals surface area contributed by atoms with Crippen molar-refractivity contribution in [1.82, 2.24) is 21.3 Å². The average Bonchev–Trinajstić information content (AvgIpc) is 3.37. The lowest BCUT2D eigenvalue weighted by atomic mass is 10.0. The van der Waals surface area contributed by atoms with Crippen LogP contribution >= 0.6 is 0 Å². The molecule has 0 aliphatic rings. The number of hydrogen-bond donors (Lipinski definition) is 6. The van der Waals surface area contributed by atoms with Crippen molar-refractivity contribution in [1.29, 1.82) is 0 Å². The summed E-state index contributed by atoms with van der Waals surface area (Å²) in [5.41, 5.74) is 10.1. The summed E-state index contributed by atoms with van der Waals surface area (Å²) in [4.78, 5) is 97.5. The van der Waals surface area contributed by atoms with Gasteiger partial charge in [-0.2, -0.15) is 0 Å². The third-order valence-electron chi connectivity index (χ3n) is 14.0. The van der Waals surface area contributed by atoms with Gasteiger partial charge in [0.2, 0.25) is 23.6 Å². The normalized spacial score (nSPS) is 12.9. The molecule has 0 aromatic heterocycles. The van der Waals surface area contributed by atoms with Crippen molar-refractivity contribution in [3.63, 3.8) is 0 Å². The summed E-state index contributed by atoms with van der Waals surface area (Å²) >= 11 is 0. The number of ketones is 2. The van der Waals surface area contributed by atoms with E-state index in [0.29, 0.717) is 38.8 Å². The number of rotatable bonds is 50.